The van der Waals surface area contributed by atoms with Gasteiger partial charge in [-0.05, 0) is 43.0 Å². The van der Waals surface area contributed by atoms with Gasteiger partial charge in [0.05, 0.1) is 22.4 Å². The third kappa shape index (κ3) is 2.02. The summed E-state index contributed by atoms with van der Waals surface area (Å²) in [5, 5.41) is 2.81. The Bertz CT molecular complexity index is 770. The summed E-state index contributed by atoms with van der Waals surface area (Å²) in [5.41, 5.74) is 2.62. The molecule has 3 nitrogen and oxygen atoms in total. The van der Waals surface area contributed by atoms with Gasteiger partial charge in [-0.25, -0.2) is 0 Å². The van der Waals surface area contributed by atoms with Crippen LogP contribution in [0.25, 0.3) is 10.9 Å². The molecule has 3 rings (SSSR count). The van der Waals surface area contributed by atoms with Crippen molar-refractivity contribution in [2.75, 3.05) is 6.61 Å². The molecule has 102 valence electrons. The van der Waals surface area contributed by atoms with E-state index in [0.29, 0.717) is 12.2 Å². The Balaban J connectivity index is 2.17. The maximum absolute atomic E-state index is 12.7. The fourth-order valence-corrected chi connectivity index (χ4v) is 3.21. The van der Waals surface area contributed by atoms with E-state index in [1.54, 1.807) is 6.20 Å². The molecule has 0 bridgehead atoms. The Kier molecular flexibility index (Phi) is 3.32. The minimum Gasteiger partial charge on any atom is -0.493 e. The van der Waals surface area contributed by atoms with E-state index in [4.69, 9.17) is 4.74 Å². The molecule has 0 aliphatic rings. The monoisotopic (exact) mass is 285 g/mol. The van der Waals surface area contributed by atoms with Gasteiger partial charge in [0.15, 0.2) is 0 Å². The van der Waals surface area contributed by atoms with Crippen molar-refractivity contribution in [1.29, 1.82) is 0 Å². The van der Waals surface area contributed by atoms with Crippen LogP contribution in [0, 0.1) is 6.92 Å². The first-order valence-electron chi connectivity index (χ1n) is 6.54. The smallest absolute Gasteiger partial charge is 0.205 e. The third-order valence-electron chi connectivity index (χ3n) is 3.28. The van der Waals surface area contributed by atoms with Crippen LogP contribution in [0.5, 0.6) is 5.75 Å². The molecule has 2 aromatic heterocycles. The zero-order valence-corrected chi connectivity index (χ0v) is 12.2. The number of benzene rings is 1. The molecule has 0 saturated heterocycles. The molecule has 0 saturated carbocycles. The first-order valence-corrected chi connectivity index (χ1v) is 7.42. The molecule has 0 amide bonds. The molecule has 0 aliphatic heterocycles. The van der Waals surface area contributed by atoms with Crippen LogP contribution in [0.4, 0.5) is 0 Å². The molecule has 0 atom stereocenters. The number of hydrogen-bond acceptors (Lipinski definition) is 3. The fraction of sp³-hybridized carbons (Fsp3) is 0.188. The molecule has 0 aliphatic carbocycles. The first kappa shape index (κ1) is 12.9. The van der Waals surface area contributed by atoms with Gasteiger partial charge in [0.2, 0.25) is 5.78 Å². The van der Waals surface area contributed by atoms with Gasteiger partial charge in [-0.1, -0.05) is 6.07 Å². The number of carbonyl (C=O) groups is 1. The topological polar surface area (TPSA) is 42.1 Å². The normalized spacial score (nSPS) is 10.9. The summed E-state index contributed by atoms with van der Waals surface area (Å²) in [7, 11) is 0. The fourth-order valence-electron chi connectivity index (χ4n) is 2.33. The number of fused-ring (bicyclic) bond motifs is 1. The van der Waals surface area contributed by atoms with Crippen LogP contribution in [0.2, 0.25) is 0 Å². The molecule has 1 aromatic carbocycles. The molecule has 2 heterocycles. The minimum absolute atomic E-state index is 0.0518. The molecule has 3 aromatic rings. The number of ketones is 1. The van der Waals surface area contributed by atoms with Crippen molar-refractivity contribution in [3.05, 3.63) is 51.8 Å². The minimum atomic E-state index is 0.0518. The second-order valence-corrected chi connectivity index (χ2v) is 5.49. The summed E-state index contributed by atoms with van der Waals surface area (Å²) in [4.78, 5) is 16.6. The maximum atomic E-state index is 12.7. The van der Waals surface area contributed by atoms with Crippen LogP contribution < -0.4 is 4.74 Å². The molecule has 4 heteroatoms. The van der Waals surface area contributed by atoms with Crippen molar-refractivity contribution >= 4 is 28.0 Å². The Morgan fingerprint density at radius 1 is 1.35 bits per heavy atom. The third-order valence-corrected chi connectivity index (χ3v) is 4.30. The zero-order chi connectivity index (χ0) is 14.1. The number of thiophene rings is 1. The summed E-state index contributed by atoms with van der Waals surface area (Å²) < 4.78 is 5.65. The summed E-state index contributed by atoms with van der Waals surface area (Å²) in [6.07, 6.45) is 1.77. The van der Waals surface area contributed by atoms with Gasteiger partial charge in [-0.2, -0.15) is 0 Å². The molecule has 20 heavy (non-hydrogen) atoms. The zero-order valence-electron chi connectivity index (χ0n) is 11.4. The molecular weight excluding hydrogens is 270 g/mol. The van der Waals surface area contributed by atoms with Crippen LogP contribution in [-0.2, 0) is 0 Å². The standard InChI is InChI=1S/C16H15NO2S/c1-3-19-13-6-4-5-12-14(13)11(9-17-12)15(18)16-10(2)7-8-20-16/h4-9,17H,3H2,1-2H3. The van der Waals surface area contributed by atoms with E-state index in [9.17, 15) is 4.79 Å². The SMILES string of the molecule is CCOc1cccc2[nH]cc(C(=O)c3sccc3C)c12. The van der Waals surface area contributed by atoms with E-state index >= 15 is 0 Å². The Morgan fingerprint density at radius 3 is 2.90 bits per heavy atom. The van der Waals surface area contributed by atoms with E-state index in [2.05, 4.69) is 4.98 Å². The number of ether oxygens (including phenoxy) is 1. The highest BCUT2D eigenvalue weighted by molar-refractivity contribution is 7.12. The number of hydrogen-bond donors (Lipinski definition) is 1. The summed E-state index contributed by atoms with van der Waals surface area (Å²) in [6.45, 7) is 4.48. The molecular formula is C16H15NO2S. The van der Waals surface area contributed by atoms with Crippen molar-refractivity contribution in [2.24, 2.45) is 0 Å². The molecule has 0 spiro atoms. The second-order valence-electron chi connectivity index (χ2n) is 4.58. The number of aromatic amines is 1. The molecule has 0 unspecified atom stereocenters. The van der Waals surface area contributed by atoms with Gasteiger partial charge in [0.1, 0.15) is 5.75 Å². The maximum Gasteiger partial charge on any atom is 0.205 e. The Morgan fingerprint density at radius 2 is 2.20 bits per heavy atom. The Hall–Kier alpha value is -2.07. The van der Waals surface area contributed by atoms with Gasteiger partial charge in [-0.15, -0.1) is 11.3 Å². The first-order chi connectivity index (χ1) is 9.72. The van der Waals surface area contributed by atoms with Crippen LogP contribution in [0.15, 0.2) is 35.8 Å². The molecule has 1 N–H and O–H groups in total. The van der Waals surface area contributed by atoms with Crippen LogP contribution in [0.1, 0.15) is 27.7 Å². The van der Waals surface area contributed by atoms with Crippen molar-refractivity contribution in [3.63, 3.8) is 0 Å². The van der Waals surface area contributed by atoms with Crippen LogP contribution in [0.3, 0.4) is 0 Å². The van der Waals surface area contributed by atoms with Crippen molar-refractivity contribution < 1.29 is 9.53 Å². The highest BCUT2D eigenvalue weighted by Crippen LogP contribution is 2.31. The van der Waals surface area contributed by atoms with E-state index in [1.165, 1.54) is 11.3 Å². The van der Waals surface area contributed by atoms with Gasteiger partial charge >= 0.3 is 0 Å². The highest BCUT2D eigenvalue weighted by atomic mass is 32.1. The van der Waals surface area contributed by atoms with Gasteiger partial charge in [0.25, 0.3) is 0 Å². The van der Waals surface area contributed by atoms with Gasteiger partial charge in [0, 0.05) is 11.7 Å². The number of carbonyl (C=O) groups excluding carboxylic acids is 1. The lowest BCUT2D eigenvalue weighted by atomic mass is 10.1. The van der Waals surface area contributed by atoms with E-state index < -0.39 is 0 Å². The Labute approximate surface area is 121 Å². The number of nitrogens with one attached hydrogen (secondary N) is 1. The van der Waals surface area contributed by atoms with E-state index in [-0.39, 0.29) is 5.78 Å². The summed E-state index contributed by atoms with van der Waals surface area (Å²) >= 11 is 1.48. The lowest BCUT2D eigenvalue weighted by Crippen LogP contribution is -2.00. The van der Waals surface area contributed by atoms with Crippen molar-refractivity contribution in [2.45, 2.75) is 13.8 Å². The number of aryl methyl sites for hydroxylation is 1. The van der Waals surface area contributed by atoms with Crippen LogP contribution >= 0.6 is 11.3 Å². The van der Waals surface area contributed by atoms with E-state index in [1.807, 2.05) is 43.5 Å². The summed E-state index contributed by atoms with van der Waals surface area (Å²) in [5.74, 6) is 0.805. The number of aromatic nitrogens is 1. The second kappa shape index (κ2) is 5.13. The average Bonchev–Trinajstić information content (AvgIpc) is 3.05. The van der Waals surface area contributed by atoms with Crippen molar-refractivity contribution in [1.82, 2.24) is 4.98 Å². The summed E-state index contributed by atoms with van der Waals surface area (Å²) in [6, 6.07) is 7.75. The average molecular weight is 285 g/mol. The van der Waals surface area contributed by atoms with Crippen LogP contribution in [-0.4, -0.2) is 17.4 Å². The molecule has 0 radical (unpaired) electrons. The van der Waals surface area contributed by atoms with Gasteiger partial charge < -0.3 is 9.72 Å². The number of H-pyrrole nitrogens is 1. The number of rotatable bonds is 4. The quantitative estimate of drug-likeness (QED) is 0.731. The van der Waals surface area contributed by atoms with Crippen molar-refractivity contribution in [3.8, 4) is 5.75 Å². The predicted molar refractivity (Wildman–Crippen MR) is 82.0 cm³/mol. The molecule has 0 fully saturated rings. The lowest BCUT2D eigenvalue weighted by Gasteiger charge is -2.06. The van der Waals surface area contributed by atoms with Gasteiger partial charge in [-0.3, -0.25) is 4.79 Å². The largest absolute Gasteiger partial charge is 0.493 e. The predicted octanol–water partition coefficient (Wildman–Crippen LogP) is 4.17. The lowest BCUT2D eigenvalue weighted by molar-refractivity contribution is 0.104. The van der Waals surface area contributed by atoms with E-state index in [0.717, 1.165) is 27.1 Å². The highest BCUT2D eigenvalue weighted by Gasteiger charge is 2.19.